The fraction of sp³-hybridized carbons (Fsp3) is 0.556. The fourth-order valence-electron chi connectivity index (χ4n) is 2.86. The molecule has 0 aliphatic carbocycles. The zero-order chi connectivity index (χ0) is 16.1. The van der Waals surface area contributed by atoms with Crippen LogP contribution in [0.1, 0.15) is 51.0 Å². The van der Waals surface area contributed by atoms with Crippen LogP contribution >= 0.6 is 0 Å². The van der Waals surface area contributed by atoms with E-state index in [4.69, 9.17) is 0 Å². The molecule has 1 atom stereocenters. The van der Waals surface area contributed by atoms with Gasteiger partial charge in [0.05, 0.1) is 0 Å². The lowest BCUT2D eigenvalue weighted by atomic mass is 9.98. The largest absolute Gasteiger partial charge is 0.346 e. The van der Waals surface area contributed by atoms with E-state index in [1.54, 1.807) is 4.90 Å². The molecule has 1 saturated heterocycles. The van der Waals surface area contributed by atoms with E-state index in [0.717, 1.165) is 31.5 Å². The predicted molar refractivity (Wildman–Crippen MR) is 88.8 cm³/mol. The van der Waals surface area contributed by atoms with Crippen LogP contribution in [0.3, 0.4) is 0 Å². The minimum absolute atomic E-state index is 0.0778. The second-order valence-corrected chi connectivity index (χ2v) is 6.48. The van der Waals surface area contributed by atoms with E-state index in [2.05, 4.69) is 19.2 Å². The average Bonchev–Trinajstić information content (AvgIpc) is 2.63. The first kappa shape index (κ1) is 16.5. The quantitative estimate of drug-likeness (QED) is 0.926. The average molecular weight is 302 g/mol. The summed E-state index contributed by atoms with van der Waals surface area (Å²) in [6.45, 7) is 5.08. The molecular formula is C18H26N2O2. The standard InChI is InChI=1S/C18H26N2O2/c1-13(2)14-7-9-16(10-8-14)19-17(21)12-15-6-4-5-11-20(3)18(15)22/h7-10,13,15H,4-6,11-12H2,1-3H3,(H,19,21). The highest BCUT2D eigenvalue weighted by atomic mass is 16.2. The van der Waals surface area contributed by atoms with Crippen molar-refractivity contribution in [1.82, 2.24) is 4.90 Å². The van der Waals surface area contributed by atoms with Crippen LogP contribution in [0.15, 0.2) is 24.3 Å². The zero-order valence-corrected chi connectivity index (χ0v) is 13.8. The summed E-state index contributed by atoms with van der Waals surface area (Å²) in [4.78, 5) is 26.1. The van der Waals surface area contributed by atoms with Crippen molar-refractivity contribution in [2.24, 2.45) is 5.92 Å². The number of nitrogens with zero attached hydrogens (tertiary/aromatic N) is 1. The number of likely N-dealkylation sites (tertiary alicyclic amines) is 1. The van der Waals surface area contributed by atoms with Crippen LogP contribution in [0.4, 0.5) is 5.69 Å². The zero-order valence-electron chi connectivity index (χ0n) is 13.8. The first-order valence-electron chi connectivity index (χ1n) is 8.12. The summed E-state index contributed by atoms with van der Waals surface area (Å²) in [5.41, 5.74) is 2.04. The van der Waals surface area contributed by atoms with Crippen LogP contribution in [0.2, 0.25) is 0 Å². The first-order chi connectivity index (χ1) is 10.5. The Morgan fingerprint density at radius 3 is 2.59 bits per heavy atom. The Morgan fingerprint density at radius 1 is 1.27 bits per heavy atom. The Bertz CT molecular complexity index is 522. The van der Waals surface area contributed by atoms with Crippen LogP contribution in [0.5, 0.6) is 0 Å². The molecule has 2 rings (SSSR count). The molecule has 22 heavy (non-hydrogen) atoms. The van der Waals surface area contributed by atoms with E-state index < -0.39 is 0 Å². The van der Waals surface area contributed by atoms with Gasteiger partial charge in [-0.15, -0.1) is 0 Å². The molecule has 1 fully saturated rings. The molecule has 120 valence electrons. The van der Waals surface area contributed by atoms with E-state index in [1.807, 2.05) is 31.3 Å². The number of anilines is 1. The van der Waals surface area contributed by atoms with E-state index in [-0.39, 0.29) is 24.2 Å². The molecular weight excluding hydrogens is 276 g/mol. The molecule has 0 bridgehead atoms. The van der Waals surface area contributed by atoms with Crippen LogP contribution in [-0.4, -0.2) is 30.3 Å². The molecule has 1 aromatic carbocycles. The lowest BCUT2D eigenvalue weighted by Gasteiger charge is -2.19. The fourth-order valence-corrected chi connectivity index (χ4v) is 2.86. The molecule has 1 aromatic rings. The van der Waals surface area contributed by atoms with Gasteiger partial charge in [0.15, 0.2) is 0 Å². The number of hydrogen-bond donors (Lipinski definition) is 1. The van der Waals surface area contributed by atoms with Crippen molar-refractivity contribution in [1.29, 1.82) is 0 Å². The van der Waals surface area contributed by atoms with Crippen LogP contribution in [-0.2, 0) is 9.59 Å². The first-order valence-corrected chi connectivity index (χ1v) is 8.12. The van der Waals surface area contributed by atoms with Gasteiger partial charge in [-0.25, -0.2) is 0 Å². The van der Waals surface area contributed by atoms with Gasteiger partial charge in [0, 0.05) is 31.6 Å². The number of rotatable bonds is 4. The van der Waals surface area contributed by atoms with Crippen LogP contribution in [0, 0.1) is 5.92 Å². The highest BCUT2D eigenvalue weighted by molar-refractivity contribution is 5.94. The normalized spacial score (nSPS) is 19.2. The molecule has 0 radical (unpaired) electrons. The van der Waals surface area contributed by atoms with Gasteiger partial charge in [-0.1, -0.05) is 32.4 Å². The molecule has 0 aromatic heterocycles. The molecule has 2 amide bonds. The maximum atomic E-state index is 12.2. The second-order valence-electron chi connectivity index (χ2n) is 6.48. The van der Waals surface area contributed by atoms with Crippen molar-refractivity contribution in [2.45, 2.75) is 45.4 Å². The summed E-state index contributed by atoms with van der Waals surface area (Å²) < 4.78 is 0. The third kappa shape index (κ3) is 4.33. The molecule has 1 N–H and O–H groups in total. The van der Waals surface area contributed by atoms with Gasteiger partial charge in [-0.05, 0) is 36.5 Å². The molecule has 1 heterocycles. The van der Waals surface area contributed by atoms with E-state index in [1.165, 1.54) is 5.56 Å². The number of benzene rings is 1. The predicted octanol–water partition coefficient (Wildman–Crippen LogP) is 3.40. The van der Waals surface area contributed by atoms with Crippen molar-refractivity contribution in [3.63, 3.8) is 0 Å². The summed E-state index contributed by atoms with van der Waals surface area (Å²) in [6, 6.07) is 7.91. The molecule has 1 aliphatic rings. The molecule has 1 aliphatic heterocycles. The molecule has 4 heteroatoms. The van der Waals surface area contributed by atoms with Crippen molar-refractivity contribution in [3.8, 4) is 0 Å². The summed E-state index contributed by atoms with van der Waals surface area (Å²) in [7, 11) is 1.82. The smallest absolute Gasteiger partial charge is 0.225 e. The Morgan fingerprint density at radius 2 is 1.95 bits per heavy atom. The highest BCUT2D eigenvalue weighted by Crippen LogP contribution is 2.21. The number of hydrogen-bond acceptors (Lipinski definition) is 2. The van der Waals surface area contributed by atoms with E-state index in [0.29, 0.717) is 5.92 Å². The van der Waals surface area contributed by atoms with Gasteiger partial charge in [-0.3, -0.25) is 9.59 Å². The van der Waals surface area contributed by atoms with Gasteiger partial charge >= 0.3 is 0 Å². The minimum Gasteiger partial charge on any atom is -0.346 e. The Kier molecular flexibility index (Phi) is 5.58. The second kappa shape index (κ2) is 7.43. The molecule has 0 spiro atoms. The topological polar surface area (TPSA) is 49.4 Å². The minimum atomic E-state index is -0.178. The number of carbonyl (C=O) groups excluding carboxylic acids is 2. The SMILES string of the molecule is CC(C)c1ccc(NC(=O)CC2CCCCN(C)C2=O)cc1. The summed E-state index contributed by atoms with van der Waals surface area (Å²) in [5.74, 6) is 0.320. The number of carbonyl (C=O) groups is 2. The van der Waals surface area contributed by atoms with Gasteiger partial charge in [0.1, 0.15) is 0 Å². The summed E-state index contributed by atoms with van der Waals surface area (Å²) in [5, 5.41) is 2.90. The third-order valence-corrected chi connectivity index (χ3v) is 4.31. The highest BCUT2D eigenvalue weighted by Gasteiger charge is 2.26. The van der Waals surface area contributed by atoms with Crippen LogP contribution < -0.4 is 5.32 Å². The molecule has 0 saturated carbocycles. The van der Waals surface area contributed by atoms with Crippen molar-refractivity contribution >= 4 is 17.5 Å². The summed E-state index contributed by atoms with van der Waals surface area (Å²) in [6.07, 6.45) is 3.12. The number of amides is 2. The molecule has 4 nitrogen and oxygen atoms in total. The lowest BCUT2D eigenvalue weighted by molar-refractivity contribution is -0.135. The van der Waals surface area contributed by atoms with E-state index >= 15 is 0 Å². The third-order valence-electron chi connectivity index (χ3n) is 4.31. The lowest BCUT2D eigenvalue weighted by Crippen LogP contribution is -2.33. The molecule has 1 unspecified atom stereocenters. The van der Waals surface area contributed by atoms with Gasteiger partial charge < -0.3 is 10.2 Å². The van der Waals surface area contributed by atoms with Gasteiger partial charge in [0.2, 0.25) is 11.8 Å². The Labute approximate surface area is 132 Å². The number of nitrogens with one attached hydrogen (secondary N) is 1. The monoisotopic (exact) mass is 302 g/mol. The van der Waals surface area contributed by atoms with Crippen molar-refractivity contribution < 1.29 is 9.59 Å². The van der Waals surface area contributed by atoms with Gasteiger partial charge in [0.25, 0.3) is 0 Å². The maximum Gasteiger partial charge on any atom is 0.225 e. The van der Waals surface area contributed by atoms with Crippen LogP contribution in [0.25, 0.3) is 0 Å². The van der Waals surface area contributed by atoms with Crippen molar-refractivity contribution in [3.05, 3.63) is 29.8 Å². The van der Waals surface area contributed by atoms with Gasteiger partial charge in [-0.2, -0.15) is 0 Å². The summed E-state index contributed by atoms with van der Waals surface area (Å²) >= 11 is 0. The van der Waals surface area contributed by atoms with Crippen molar-refractivity contribution in [2.75, 3.05) is 18.9 Å². The Balaban J connectivity index is 1.93. The maximum absolute atomic E-state index is 12.2. The van der Waals surface area contributed by atoms with E-state index in [9.17, 15) is 9.59 Å². The Hall–Kier alpha value is -1.84.